The van der Waals surface area contributed by atoms with Gasteiger partial charge in [-0.2, -0.15) is 10.4 Å². The summed E-state index contributed by atoms with van der Waals surface area (Å²) in [7, 11) is 0. The largest absolute Gasteiger partial charge is 0.365 e. The second kappa shape index (κ2) is 5.11. The van der Waals surface area contributed by atoms with Gasteiger partial charge < -0.3 is 5.32 Å². The Hall–Kier alpha value is -2.35. The van der Waals surface area contributed by atoms with Gasteiger partial charge in [0, 0.05) is 24.0 Å². The van der Waals surface area contributed by atoms with Crippen molar-refractivity contribution in [1.29, 1.82) is 5.26 Å². The number of pyridine rings is 1. The molecular formula is C14H15N5. The van der Waals surface area contributed by atoms with Crippen LogP contribution in [0.25, 0.3) is 0 Å². The molecule has 0 spiro atoms. The van der Waals surface area contributed by atoms with E-state index < -0.39 is 0 Å². The first-order valence-corrected chi connectivity index (χ1v) is 6.51. The average Bonchev–Trinajstić information content (AvgIpc) is 2.97. The maximum absolute atomic E-state index is 9.23. The van der Waals surface area contributed by atoms with Gasteiger partial charge in [-0.15, -0.1) is 0 Å². The van der Waals surface area contributed by atoms with Crippen LogP contribution >= 0.6 is 0 Å². The Labute approximate surface area is 111 Å². The Morgan fingerprint density at radius 3 is 3.05 bits per heavy atom. The van der Waals surface area contributed by atoms with Crippen LogP contribution in [0.2, 0.25) is 0 Å². The molecule has 2 aromatic heterocycles. The number of nitrogens with one attached hydrogen (secondary N) is 2. The topological polar surface area (TPSA) is 77.4 Å². The van der Waals surface area contributed by atoms with Gasteiger partial charge in [0.1, 0.15) is 11.9 Å². The molecule has 0 saturated carbocycles. The normalized spacial score (nSPS) is 13.6. The highest BCUT2D eigenvalue weighted by atomic mass is 15.1. The number of aromatic nitrogens is 3. The molecule has 19 heavy (non-hydrogen) atoms. The first-order chi connectivity index (χ1) is 9.36. The van der Waals surface area contributed by atoms with Gasteiger partial charge >= 0.3 is 0 Å². The third kappa shape index (κ3) is 2.43. The van der Waals surface area contributed by atoms with E-state index in [-0.39, 0.29) is 0 Å². The van der Waals surface area contributed by atoms with Gasteiger partial charge in [0.15, 0.2) is 0 Å². The maximum atomic E-state index is 9.23. The van der Waals surface area contributed by atoms with Gasteiger partial charge in [-0.25, -0.2) is 4.98 Å². The smallest absolute Gasteiger partial charge is 0.144 e. The second-order valence-electron chi connectivity index (χ2n) is 4.77. The van der Waals surface area contributed by atoms with Gasteiger partial charge in [0.25, 0.3) is 0 Å². The number of anilines is 1. The lowest BCUT2D eigenvalue weighted by molar-refractivity contribution is 0.668. The fourth-order valence-electron chi connectivity index (χ4n) is 2.41. The lowest BCUT2D eigenvalue weighted by atomic mass is 9.95. The molecule has 0 bridgehead atoms. The van der Waals surface area contributed by atoms with Crippen LogP contribution in [0.4, 0.5) is 5.82 Å². The molecule has 0 unspecified atom stereocenters. The van der Waals surface area contributed by atoms with E-state index in [0.717, 1.165) is 24.1 Å². The number of hydrogen-bond donors (Lipinski definition) is 2. The Morgan fingerprint density at radius 1 is 1.37 bits per heavy atom. The third-order valence-electron chi connectivity index (χ3n) is 3.44. The molecule has 1 aliphatic rings. The summed E-state index contributed by atoms with van der Waals surface area (Å²) in [5, 5.41) is 19.1. The zero-order chi connectivity index (χ0) is 13.1. The summed E-state index contributed by atoms with van der Waals surface area (Å²) in [4.78, 5) is 4.62. The standard InChI is InChI=1S/C14H15N5/c15-6-12-5-11-3-1-2-4-13(11)19-14(12)16-7-10-8-17-18-9-10/h5,8-9H,1-4,7H2,(H,16,19)(H,17,18). The SMILES string of the molecule is N#Cc1cc2c(nc1NCc1cn[nH]c1)CCCC2. The summed E-state index contributed by atoms with van der Waals surface area (Å²) in [6, 6.07) is 4.21. The molecule has 3 rings (SSSR count). The minimum Gasteiger partial charge on any atom is -0.365 e. The van der Waals surface area contributed by atoms with Crippen molar-refractivity contribution in [3.05, 3.63) is 40.8 Å². The number of hydrogen-bond acceptors (Lipinski definition) is 4. The monoisotopic (exact) mass is 253 g/mol. The fourth-order valence-corrected chi connectivity index (χ4v) is 2.41. The van der Waals surface area contributed by atoms with Crippen LogP contribution in [0.1, 0.15) is 35.2 Å². The van der Waals surface area contributed by atoms with Crippen molar-refractivity contribution < 1.29 is 0 Å². The van der Waals surface area contributed by atoms with E-state index in [9.17, 15) is 5.26 Å². The molecule has 5 heteroatoms. The number of aromatic amines is 1. The lowest BCUT2D eigenvalue weighted by Gasteiger charge is -2.17. The number of H-pyrrole nitrogens is 1. The van der Waals surface area contributed by atoms with Gasteiger partial charge in [0.2, 0.25) is 0 Å². The van der Waals surface area contributed by atoms with Gasteiger partial charge in [-0.3, -0.25) is 5.10 Å². The molecule has 5 nitrogen and oxygen atoms in total. The summed E-state index contributed by atoms with van der Waals surface area (Å²) < 4.78 is 0. The van der Waals surface area contributed by atoms with Crippen molar-refractivity contribution in [3.8, 4) is 6.07 Å². The van der Waals surface area contributed by atoms with Crippen LogP contribution in [-0.2, 0) is 19.4 Å². The Balaban J connectivity index is 1.85. The van der Waals surface area contributed by atoms with E-state index >= 15 is 0 Å². The zero-order valence-corrected chi connectivity index (χ0v) is 10.6. The number of aryl methyl sites for hydroxylation is 2. The molecule has 0 atom stereocenters. The minimum absolute atomic E-state index is 0.622. The van der Waals surface area contributed by atoms with Crippen molar-refractivity contribution >= 4 is 5.82 Å². The highest BCUT2D eigenvalue weighted by Gasteiger charge is 2.14. The number of nitrogens with zero attached hydrogens (tertiary/aromatic N) is 3. The minimum atomic E-state index is 0.622. The van der Waals surface area contributed by atoms with Crippen LogP contribution < -0.4 is 5.32 Å². The predicted molar refractivity (Wildman–Crippen MR) is 71.5 cm³/mol. The van der Waals surface area contributed by atoms with E-state index in [0.29, 0.717) is 17.9 Å². The summed E-state index contributed by atoms with van der Waals surface area (Å²) in [6.07, 6.45) is 8.03. The van der Waals surface area contributed by atoms with Crippen molar-refractivity contribution in [2.45, 2.75) is 32.2 Å². The first kappa shape index (κ1) is 11.7. The van der Waals surface area contributed by atoms with E-state index in [1.807, 2.05) is 12.3 Å². The molecule has 1 aliphatic carbocycles. The van der Waals surface area contributed by atoms with Crippen molar-refractivity contribution in [3.63, 3.8) is 0 Å². The second-order valence-corrected chi connectivity index (χ2v) is 4.77. The predicted octanol–water partition coefficient (Wildman–Crippen LogP) is 2.17. The van der Waals surface area contributed by atoms with Crippen molar-refractivity contribution in [1.82, 2.24) is 15.2 Å². The molecule has 96 valence electrons. The van der Waals surface area contributed by atoms with Crippen molar-refractivity contribution in [2.24, 2.45) is 0 Å². The fraction of sp³-hybridized carbons (Fsp3) is 0.357. The Bertz CT molecular complexity index is 610. The highest BCUT2D eigenvalue weighted by Crippen LogP contribution is 2.24. The molecule has 2 aromatic rings. The third-order valence-corrected chi connectivity index (χ3v) is 3.44. The Morgan fingerprint density at radius 2 is 2.26 bits per heavy atom. The number of rotatable bonds is 3. The van der Waals surface area contributed by atoms with E-state index in [1.165, 1.54) is 18.4 Å². The zero-order valence-electron chi connectivity index (χ0n) is 10.6. The van der Waals surface area contributed by atoms with Crippen LogP contribution in [-0.4, -0.2) is 15.2 Å². The number of nitriles is 1. The van der Waals surface area contributed by atoms with E-state index in [4.69, 9.17) is 0 Å². The van der Waals surface area contributed by atoms with E-state index in [1.54, 1.807) is 6.20 Å². The summed E-state index contributed by atoms with van der Waals surface area (Å²) in [5.41, 5.74) is 4.05. The molecular weight excluding hydrogens is 238 g/mol. The van der Waals surface area contributed by atoms with E-state index in [2.05, 4.69) is 26.6 Å². The summed E-state index contributed by atoms with van der Waals surface area (Å²) >= 11 is 0. The Kier molecular flexibility index (Phi) is 3.15. The van der Waals surface area contributed by atoms with Crippen LogP contribution in [0.5, 0.6) is 0 Å². The highest BCUT2D eigenvalue weighted by molar-refractivity contribution is 5.54. The van der Waals surface area contributed by atoms with Gasteiger partial charge in [-0.1, -0.05) is 0 Å². The molecule has 2 heterocycles. The van der Waals surface area contributed by atoms with Crippen molar-refractivity contribution in [2.75, 3.05) is 5.32 Å². The van der Waals surface area contributed by atoms with Gasteiger partial charge in [-0.05, 0) is 37.3 Å². The van der Waals surface area contributed by atoms with Crippen LogP contribution in [0, 0.1) is 11.3 Å². The molecule has 0 amide bonds. The maximum Gasteiger partial charge on any atom is 0.144 e. The molecule has 2 N–H and O–H groups in total. The summed E-state index contributed by atoms with van der Waals surface area (Å²) in [5.74, 6) is 0.685. The van der Waals surface area contributed by atoms with Crippen LogP contribution in [0.15, 0.2) is 18.5 Å². The molecule has 0 fully saturated rings. The average molecular weight is 253 g/mol. The van der Waals surface area contributed by atoms with Gasteiger partial charge in [0.05, 0.1) is 11.8 Å². The molecule has 0 aliphatic heterocycles. The molecule has 0 radical (unpaired) electrons. The lowest BCUT2D eigenvalue weighted by Crippen LogP contribution is -2.10. The molecule has 0 aromatic carbocycles. The first-order valence-electron chi connectivity index (χ1n) is 6.51. The summed E-state index contributed by atoms with van der Waals surface area (Å²) in [6.45, 7) is 0.622. The number of fused-ring (bicyclic) bond motifs is 1. The van der Waals surface area contributed by atoms with Crippen LogP contribution in [0.3, 0.4) is 0 Å². The quantitative estimate of drug-likeness (QED) is 0.878. The molecule has 0 saturated heterocycles.